The SMILES string of the molecule is COc1ccccc1NC(=O)/C=c1\s/c(=C\c2ccc(-c3ccccc3F)o2)c(=O)n1C. The van der Waals surface area contributed by atoms with Crippen molar-refractivity contribution >= 4 is 35.1 Å². The van der Waals surface area contributed by atoms with Crippen LogP contribution in [0.4, 0.5) is 10.1 Å². The van der Waals surface area contributed by atoms with Crippen LogP contribution in [0, 0.1) is 5.82 Å². The van der Waals surface area contributed by atoms with E-state index in [2.05, 4.69) is 5.32 Å². The number of anilines is 1. The number of rotatable bonds is 5. The van der Waals surface area contributed by atoms with Crippen molar-refractivity contribution in [1.29, 1.82) is 0 Å². The summed E-state index contributed by atoms with van der Waals surface area (Å²) in [7, 11) is 3.11. The van der Waals surface area contributed by atoms with Gasteiger partial charge in [-0.15, -0.1) is 11.3 Å². The normalized spacial score (nSPS) is 12.2. The molecule has 6 nitrogen and oxygen atoms in total. The van der Waals surface area contributed by atoms with Gasteiger partial charge in [0.05, 0.1) is 22.9 Å². The number of ether oxygens (including phenoxy) is 1. The maximum atomic E-state index is 14.0. The zero-order chi connectivity index (χ0) is 22.7. The predicted molar refractivity (Wildman–Crippen MR) is 123 cm³/mol. The highest BCUT2D eigenvalue weighted by atomic mass is 32.1. The Kier molecular flexibility index (Phi) is 6.04. The summed E-state index contributed by atoms with van der Waals surface area (Å²) in [6, 6.07) is 16.7. The third kappa shape index (κ3) is 4.40. The molecule has 8 heteroatoms. The Balaban J connectivity index is 1.64. The van der Waals surface area contributed by atoms with Crippen molar-refractivity contribution in [3.63, 3.8) is 0 Å². The fraction of sp³-hybridized carbons (Fsp3) is 0.0833. The van der Waals surface area contributed by atoms with Crippen molar-refractivity contribution < 1.29 is 18.3 Å². The number of furan rings is 1. The summed E-state index contributed by atoms with van der Waals surface area (Å²) in [5.74, 6) is 0.529. The molecule has 0 radical (unpaired) electrons. The molecule has 0 bridgehead atoms. The molecular formula is C24H19FN2O4S. The molecule has 0 aliphatic heterocycles. The van der Waals surface area contributed by atoms with E-state index in [0.717, 1.165) is 11.3 Å². The third-order valence-electron chi connectivity index (χ3n) is 4.72. The van der Waals surface area contributed by atoms with Crippen molar-refractivity contribution in [2.24, 2.45) is 7.05 Å². The van der Waals surface area contributed by atoms with Gasteiger partial charge in [0.2, 0.25) is 0 Å². The van der Waals surface area contributed by atoms with Crippen LogP contribution in [0.1, 0.15) is 5.76 Å². The minimum Gasteiger partial charge on any atom is -0.495 e. The molecule has 4 aromatic rings. The molecule has 0 atom stereocenters. The summed E-state index contributed by atoms with van der Waals surface area (Å²) in [5.41, 5.74) is 0.601. The van der Waals surface area contributed by atoms with E-state index in [0.29, 0.717) is 37.7 Å². The molecule has 1 N–H and O–H groups in total. The van der Waals surface area contributed by atoms with Crippen LogP contribution in [0.25, 0.3) is 23.5 Å². The van der Waals surface area contributed by atoms with Crippen LogP contribution in [-0.2, 0) is 11.8 Å². The number of aromatic nitrogens is 1. The van der Waals surface area contributed by atoms with Gasteiger partial charge in [-0.25, -0.2) is 4.39 Å². The Morgan fingerprint density at radius 1 is 1.12 bits per heavy atom. The minimum atomic E-state index is -0.391. The van der Waals surface area contributed by atoms with E-state index < -0.39 is 11.7 Å². The molecule has 0 spiro atoms. The van der Waals surface area contributed by atoms with Crippen LogP contribution in [0.15, 0.2) is 69.9 Å². The molecule has 2 heterocycles. The number of carbonyl (C=O) groups excluding carboxylic acids is 1. The summed E-state index contributed by atoms with van der Waals surface area (Å²) in [6.45, 7) is 0. The average Bonchev–Trinajstić information content (AvgIpc) is 3.35. The fourth-order valence-corrected chi connectivity index (χ4v) is 4.11. The number of carbonyl (C=O) groups is 1. The topological polar surface area (TPSA) is 73.5 Å². The zero-order valence-corrected chi connectivity index (χ0v) is 18.1. The first kappa shape index (κ1) is 21.3. The molecule has 2 aromatic heterocycles. The Hall–Kier alpha value is -3.91. The second-order valence-corrected chi connectivity index (χ2v) is 7.89. The van der Waals surface area contributed by atoms with Gasteiger partial charge >= 0.3 is 0 Å². The van der Waals surface area contributed by atoms with Gasteiger partial charge in [-0.2, -0.15) is 0 Å². The molecule has 0 saturated carbocycles. The number of halogens is 1. The molecule has 162 valence electrons. The van der Waals surface area contributed by atoms with Gasteiger partial charge in [0.1, 0.15) is 27.8 Å². The van der Waals surface area contributed by atoms with E-state index in [1.807, 2.05) is 0 Å². The lowest BCUT2D eigenvalue weighted by Crippen LogP contribution is -2.29. The van der Waals surface area contributed by atoms with E-state index >= 15 is 0 Å². The molecule has 0 aliphatic carbocycles. The highest BCUT2D eigenvalue weighted by Crippen LogP contribution is 2.25. The van der Waals surface area contributed by atoms with Crippen LogP contribution in [0.2, 0.25) is 0 Å². The number of thiazole rings is 1. The second kappa shape index (κ2) is 9.07. The summed E-state index contributed by atoms with van der Waals surface area (Å²) < 4.78 is 27.2. The van der Waals surface area contributed by atoms with E-state index in [1.54, 1.807) is 67.7 Å². The highest BCUT2D eigenvalue weighted by Gasteiger charge is 2.10. The summed E-state index contributed by atoms with van der Waals surface area (Å²) >= 11 is 1.15. The number of nitrogens with zero attached hydrogens (tertiary/aromatic N) is 1. The van der Waals surface area contributed by atoms with Gasteiger partial charge < -0.3 is 19.0 Å². The Morgan fingerprint density at radius 3 is 2.66 bits per heavy atom. The monoisotopic (exact) mass is 450 g/mol. The van der Waals surface area contributed by atoms with Crippen molar-refractivity contribution in [1.82, 2.24) is 4.57 Å². The van der Waals surface area contributed by atoms with Crippen molar-refractivity contribution in [2.75, 3.05) is 12.4 Å². The van der Waals surface area contributed by atoms with Gasteiger partial charge in [0.15, 0.2) is 0 Å². The number of benzene rings is 2. The lowest BCUT2D eigenvalue weighted by molar-refractivity contribution is -0.110. The quantitative estimate of drug-likeness (QED) is 0.507. The lowest BCUT2D eigenvalue weighted by atomic mass is 10.1. The standard InChI is InChI=1S/C24H19FN2O4S/c1-27-23(14-22(28)26-18-9-5-6-10-20(18)30-2)32-21(24(27)29)13-15-11-12-19(31-15)16-7-3-4-8-17(16)25/h3-14H,1-2H3,(H,26,28)/b21-13-,23-14-. The molecule has 4 rings (SSSR count). The summed E-state index contributed by atoms with van der Waals surface area (Å²) in [4.78, 5) is 25.1. The number of para-hydroxylation sites is 2. The number of hydrogen-bond acceptors (Lipinski definition) is 5. The van der Waals surface area contributed by atoms with Gasteiger partial charge in [0.25, 0.3) is 11.5 Å². The first-order valence-electron chi connectivity index (χ1n) is 9.64. The summed E-state index contributed by atoms with van der Waals surface area (Å²) in [5, 5.41) is 2.75. The van der Waals surface area contributed by atoms with Crippen LogP contribution in [-0.4, -0.2) is 17.6 Å². The molecular weight excluding hydrogens is 431 g/mol. The largest absolute Gasteiger partial charge is 0.495 e. The molecule has 32 heavy (non-hydrogen) atoms. The number of amides is 1. The highest BCUT2D eigenvalue weighted by molar-refractivity contribution is 7.07. The van der Waals surface area contributed by atoms with Gasteiger partial charge in [-0.1, -0.05) is 24.3 Å². The maximum Gasteiger partial charge on any atom is 0.268 e. The van der Waals surface area contributed by atoms with Crippen LogP contribution in [0.5, 0.6) is 5.75 Å². The van der Waals surface area contributed by atoms with Crippen molar-refractivity contribution in [2.45, 2.75) is 0 Å². The Bertz CT molecular complexity index is 1470. The Morgan fingerprint density at radius 2 is 1.88 bits per heavy atom. The summed E-state index contributed by atoms with van der Waals surface area (Å²) in [6.07, 6.45) is 2.93. The number of methoxy groups -OCH3 is 1. The average molecular weight is 450 g/mol. The molecule has 2 aromatic carbocycles. The van der Waals surface area contributed by atoms with Gasteiger partial charge in [-0.3, -0.25) is 9.59 Å². The van der Waals surface area contributed by atoms with Gasteiger partial charge in [-0.05, 0) is 36.4 Å². The molecule has 0 saturated heterocycles. The molecule has 0 unspecified atom stereocenters. The number of hydrogen-bond donors (Lipinski definition) is 1. The van der Waals surface area contributed by atoms with Crippen LogP contribution < -0.4 is 24.8 Å². The first-order chi connectivity index (χ1) is 15.5. The Labute approximate surface area is 186 Å². The third-order valence-corrected chi connectivity index (χ3v) is 5.83. The van der Waals surface area contributed by atoms with Crippen LogP contribution in [0.3, 0.4) is 0 Å². The number of nitrogens with one attached hydrogen (secondary N) is 1. The fourth-order valence-electron chi connectivity index (χ4n) is 3.10. The van der Waals surface area contributed by atoms with E-state index in [-0.39, 0.29) is 5.56 Å². The van der Waals surface area contributed by atoms with Crippen molar-refractivity contribution in [3.8, 4) is 17.1 Å². The molecule has 0 aliphatic rings. The van der Waals surface area contributed by atoms with Crippen LogP contribution >= 0.6 is 11.3 Å². The van der Waals surface area contributed by atoms with E-state index in [9.17, 15) is 14.0 Å². The maximum absolute atomic E-state index is 14.0. The lowest BCUT2D eigenvalue weighted by Gasteiger charge is -2.07. The minimum absolute atomic E-state index is 0.268. The van der Waals surface area contributed by atoms with E-state index in [1.165, 1.54) is 23.8 Å². The molecule has 0 fully saturated rings. The van der Waals surface area contributed by atoms with Gasteiger partial charge in [0, 0.05) is 19.2 Å². The smallest absolute Gasteiger partial charge is 0.268 e. The van der Waals surface area contributed by atoms with Crippen molar-refractivity contribution in [3.05, 3.63) is 91.8 Å². The van der Waals surface area contributed by atoms with E-state index in [4.69, 9.17) is 9.15 Å². The first-order valence-corrected chi connectivity index (χ1v) is 10.5. The second-order valence-electron chi connectivity index (χ2n) is 6.83. The molecule has 1 amide bonds. The predicted octanol–water partition coefficient (Wildman–Crippen LogP) is 3.10. The zero-order valence-electron chi connectivity index (χ0n) is 17.3.